The molecule has 0 spiro atoms. The number of carbonyl (C=O) groups excluding carboxylic acids is 1. The van der Waals surface area contributed by atoms with Crippen molar-refractivity contribution in [2.45, 2.75) is 44.3 Å². The van der Waals surface area contributed by atoms with Crippen LogP contribution in [0.2, 0.25) is 0 Å². The first-order valence-electron chi connectivity index (χ1n) is 10.5. The molecule has 1 aliphatic carbocycles. The summed E-state index contributed by atoms with van der Waals surface area (Å²) in [6.45, 7) is 2.83. The SMILES string of the molecule is CC(C)(O)C(O)CNC(=O)C1CC(c2c(-c3ccc(F)cc3)[nH]c3c(F)cc(F)cc23)C1. The fourth-order valence-electron chi connectivity index (χ4n) is 4.17. The fraction of sp³-hybridized carbons (Fsp3) is 0.375. The highest BCUT2D eigenvalue weighted by Crippen LogP contribution is 2.48. The van der Waals surface area contributed by atoms with Crippen LogP contribution in [0.5, 0.6) is 0 Å². The Morgan fingerprint density at radius 1 is 1.16 bits per heavy atom. The average Bonchev–Trinajstić information content (AvgIpc) is 3.04. The van der Waals surface area contributed by atoms with Crippen LogP contribution in [-0.4, -0.2) is 39.4 Å². The van der Waals surface area contributed by atoms with Gasteiger partial charge in [-0.05, 0) is 74.1 Å². The summed E-state index contributed by atoms with van der Waals surface area (Å²) in [6, 6.07) is 7.81. The molecule has 170 valence electrons. The molecule has 32 heavy (non-hydrogen) atoms. The first kappa shape index (κ1) is 22.4. The fourth-order valence-corrected chi connectivity index (χ4v) is 4.17. The number of aliphatic hydroxyl groups is 2. The van der Waals surface area contributed by atoms with E-state index in [9.17, 15) is 28.2 Å². The molecule has 0 bridgehead atoms. The number of H-pyrrole nitrogens is 1. The van der Waals surface area contributed by atoms with Crippen LogP contribution in [0.1, 0.15) is 38.2 Å². The first-order valence-corrected chi connectivity index (χ1v) is 10.5. The van der Waals surface area contributed by atoms with Gasteiger partial charge in [0.2, 0.25) is 5.91 Å². The molecule has 1 heterocycles. The van der Waals surface area contributed by atoms with Gasteiger partial charge in [-0.1, -0.05) is 0 Å². The first-order chi connectivity index (χ1) is 15.0. The van der Waals surface area contributed by atoms with Gasteiger partial charge in [0.1, 0.15) is 17.5 Å². The van der Waals surface area contributed by atoms with Crippen molar-refractivity contribution in [3.8, 4) is 11.3 Å². The lowest BCUT2D eigenvalue weighted by atomic mass is 9.70. The number of aromatic nitrogens is 1. The predicted octanol–water partition coefficient (Wildman–Crippen LogP) is 3.99. The van der Waals surface area contributed by atoms with E-state index in [2.05, 4.69) is 10.3 Å². The van der Waals surface area contributed by atoms with E-state index < -0.39 is 29.2 Å². The monoisotopic (exact) mass is 446 g/mol. The highest BCUT2D eigenvalue weighted by Gasteiger charge is 2.39. The summed E-state index contributed by atoms with van der Waals surface area (Å²) in [7, 11) is 0. The van der Waals surface area contributed by atoms with Gasteiger partial charge in [0.15, 0.2) is 0 Å². The predicted molar refractivity (Wildman–Crippen MR) is 114 cm³/mol. The Labute approximate surface area is 183 Å². The van der Waals surface area contributed by atoms with Crippen molar-refractivity contribution in [2.75, 3.05) is 6.54 Å². The molecule has 1 unspecified atom stereocenters. The van der Waals surface area contributed by atoms with Gasteiger partial charge in [0, 0.05) is 23.9 Å². The van der Waals surface area contributed by atoms with Crippen LogP contribution in [0.3, 0.4) is 0 Å². The van der Waals surface area contributed by atoms with Crippen molar-refractivity contribution >= 4 is 16.8 Å². The minimum Gasteiger partial charge on any atom is -0.388 e. The lowest BCUT2D eigenvalue weighted by Crippen LogP contribution is -2.47. The molecular formula is C24H25F3N2O3. The van der Waals surface area contributed by atoms with E-state index in [4.69, 9.17) is 0 Å². The number of hydrogen-bond acceptors (Lipinski definition) is 3. The second-order valence-electron chi connectivity index (χ2n) is 9.01. The van der Waals surface area contributed by atoms with Crippen LogP contribution in [0.15, 0.2) is 36.4 Å². The summed E-state index contributed by atoms with van der Waals surface area (Å²) in [5, 5.41) is 22.7. The quantitative estimate of drug-likeness (QED) is 0.462. The number of nitrogens with one attached hydrogen (secondary N) is 2. The average molecular weight is 446 g/mol. The largest absolute Gasteiger partial charge is 0.388 e. The Balaban J connectivity index is 1.59. The Hall–Kier alpha value is -2.84. The molecule has 1 atom stereocenters. The molecule has 1 aliphatic rings. The summed E-state index contributed by atoms with van der Waals surface area (Å²) in [5.41, 5.74) is 0.745. The molecule has 0 radical (unpaired) electrons. The number of rotatable bonds is 6. The Bertz CT molecular complexity index is 1150. The van der Waals surface area contributed by atoms with Crippen molar-refractivity contribution in [3.05, 3.63) is 59.4 Å². The lowest BCUT2D eigenvalue weighted by molar-refractivity contribution is -0.129. The second-order valence-corrected chi connectivity index (χ2v) is 9.01. The molecule has 1 fully saturated rings. The minimum atomic E-state index is -1.34. The van der Waals surface area contributed by atoms with Gasteiger partial charge in [0.25, 0.3) is 0 Å². The van der Waals surface area contributed by atoms with Crippen LogP contribution in [0, 0.1) is 23.4 Å². The lowest BCUT2D eigenvalue weighted by Gasteiger charge is -2.35. The molecule has 1 aromatic heterocycles. The van der Waals surface area contributed by atoms with E-state index in [1.807, 2.05) is 0 Å². The zero-order valence-electron chi connectivity index (χ0n) is 17.8. The number of carbonyl (C=O) groups is 1. The third-order valence-electron chi connectivity index (χ3n) is 6.20. The Morgan fingerprint density at radius 3 is 2.44 bits per heavy atom. The van der Waals surface area contributed by atoms with Crippen molar-refractivity contribution in [2.24, 2.45) is 5.92 Å². The summed E-state index contributed by atoms with van der Waals surface area (Å²) in [6.07, 6.45) is -0.181. The number of aromatic amines is 1. The van der Waals surface area contributed by atoms with Crippen LogP contribution >= 0.6 is 0 Å². The summed E-state index contributed by atoms with van der Waals surface area (Å²) < 4.78 is 41.8. The highest BCUT2D eigenvalue weighted by atomic mass is 19.1. The number of hydrogen-bond donors (Lipinski definition) is 4. The van der Waals surface area contributed by atoms with Gasteiger partial charge < -0.3 is 20.5 Å². The van der Waals surface area contributed by atoms with Crippen molar-refractivity contribution in [1.82, 2.24) is 10.3 Å². The molecule has 4 N–H and O–H groups in total. The van der Waals surface area contributed by atoms with Crippen molar-refractivity contribution in [3.63, 3.8) is 0 Å². The molecule has 0 saturated heterocycles. The van der Waals surface area contributed by atoms with Crippen molar-refractivity contribution in [1.29, 1.82) is 0 Å². The van der Waals surface area contributed by atoms with Gasteiger partial charge in [-0.15, -0.1) is 0 Å². The standard InChI is InChI=1S/C24H25F3N2O3/c1-24(2,32)19(30)11-28-23(31)14-7-13(8-14)20-17-9-16(26)10-18(27)22(17)29-21(20)12-3-5-15(25)6-4-12/h3-6,9-10,13-14,19,29-30,32H,7-8,11H2,1-2H3,(H,28,31). The van der Waals surface area contributed by atoms with E-state index >= 15 is 0 Å². The van der Waals surface area contributed by atoms with E-state index in [1.54, 1.807) is 12.1 Å². The molecule has 0 aliphatic heterocycles. The Morgan fingerprint density at radius 2 is 1.81 bits per heavy atom. The smallest absolute Gasteiger partial charge is 0.223 e. The topological polar surface area (TPSA) is 85.3 Å². The van der Waals surface area contributed by atoms with Crippen LogP contribution < -0.4 is 5.32 Å². The van der Waals surface area contributed by atoms with Crippen LogP contribution in [-0.2, 0) is 4.79 Å². The van der Waals surface area contributed by atoms with Crippen LogP contribution in [0.25, 0.3) is 22.2 Å². The van der Waals surface area contributed by atoms with Gasteiger partial charge in [0.05, 0.1) is 22.9 Å². The molecule has 5 nitrogen and oxygen atoms in total. The summed E-state index contributed by atoms with van der Waals surface area (Å²) in [4.78, 5) is 15.5. The molecule has 1 saturated carbocycles. The maximum Gasteiger partial charge on any atom is 0.223 e. The van der Waals surface area contributed by atoms with E-state index in [-0.39, 0.29) is 29.8 Å². The third kappa shape index (κ3) is 4.25. The molecular weight excluding hydrogens is 421 g/mol. The summed E-state index contributed by atoms with van der Waals surface area (Å²) in [5.74, 6) is -2.51. The van der Waals surface area contributed by atoms with Gasteiger partial charge >= 0.3 is 0 Å². The normalized spacial score (nSPS) is 19.6. The number of fused-ring (bicyclic) bond motifs is 1. The second kappa shape index (κ2) is 8.26. The minimum absolute atomic E-state index is 0.0756. The molecule has 8 heteroatoms. The van der Waals surface area contributed by atoms with Gasteiger partial charge in [-0.2, -0.15) is 0 Å². The van der Waals surface area contributed by atoms with Gasteiger partial charge in [-0.25, -0.2) is 13.2 Å². The van der Waals surface area contributed by atoms with E-state index in [1.165, 1.54) is 32.0 Å². The highest BCUT2D eigenvalue weighted by molar-refractivity contribution is 5.92. The number of halogens is 3. The zero-order valence-corrected chi connectivity index (χ0v) is 17.8. The molecule has 2 aromatic carbocycles. The number of benzene rings is 2. The van der Waals surface area contributed by atoms with E-state index in [0.29, 0.717) is 35.0 Å². The maximum atomic E-state index is 14.4. The maximum absolute atomic E-state index is 14.4. The molecule has 1 amide bonds. The zero-order chi connectivity index (χ0) is 23.2. The Kier molecular flexibility index (Phi) is 5.77. The molecule has 3 aromatic rings. The number of amides is 1. The summed E-state index contributed by atoms with van der Waals surface area (Å²) >= 11 is 0. The number of aliphatic hydroxyl groups excluding tert-OH is 1. The van der Waals surface area contributed by atoms with E-state index in [0.717, 1.165) is 6.07 Å². The van der Waals surface area contributed by atoms with Crippen LogP contribution in [0.4, 0.5) is 13.2 Å². The third-order valence-corrected chi connectivity index (χ3v) is 6.20. The van der Waals surface area contributed by atoms with Crippen molar-refractivity contribution < 1.29 is 28.2 Å². The molecule has 4 rings (SSSR count). The van der Waals surface area contributed by atoms with Gasteiger partial charge in [-0.3, -0.25) is 4.79 Å².